The maximum atomic E-state index is 13.4. The fraction of sp³-hybridized carbons (Fsp3) is 0.360. The zero-order valence-corrected chi connectivity index (χ0v) is 17.5. The minimum absolute atomic E-state index is 0.0542. The third-order valence-corrected chi connectivity index (χ3v) is 6.57. The summed E-state index contributed by atoms with van der Waals surface area (Å²) in [7, 11) is 1.61. The van der Waals surface area contributed by atoms with E-state index in [-0.39, 0.29) is 17.9 Å². The second kappa shape index (κ2) is 7.85. The molecule has 3 aliphatic heterocycles. The van der Waals surface area contributed by atoms with Crippen molar-refractivity contribution in [3.63, 3.8) is 0 Å². The Morgan fingerprint density at radius 1 is 1.19 bits per heavy atom. The third-order valence-electron chi connectivity index (χ3n) is 6.57. The SMILES string of the molecule is COc1ccc(N2C[C@]34C=C[C@@H](O3)[C@@H](C(=O)NCCCc3ccccc3)[C@H]4C2=O)cc1. The summed E-state index contributed by atoms with van der Waals surface area (Å²) in [6.07, 6.45) is 5.34. The van der Waals surface area contributed by atoms with Gasteiger partial charge in [-0.3, -0.25) is 9.59 Å². The number of nitrogens with one attached hydrogen (secondary N) is 1. The number of rotatable bonds is 7. The van der Waals surface area contributed by atoms with Gasteiger partial charge in [-0.25, -0.2) is 0 Å². The number of methoxy groups -OCH3 is 1. The first-order chi connectivity index (χ1) is 15.1. The van der Waals surface area contributed by atoms with Gasteiger partial charge in [-0.2, -0.15) is 0 Å². The van der Waals surface area contributed by atoms with Crippen molar-refractivity contribution < 1.29 is 19.1 Å². The number of carbonyl (C=O) groups is 2. The van der Waals surface area contributed by atoms with Crippen molar-refractivity contribution in [1.82, 2.24) is 5.32 Å². The van der Waals surface area contributed by atoms with Crippen LogP contribution in [0.4, 0.5) is 5.69 Å². The van der Waals surface area contributed by atoms with E-state index < -0.39 is 17.4 Å². The van der Waals surface area contributed by atoms with Crippen LogP contribution in [0.3, 0.4) is 0 Å². The number of hydrogen-bond acceptors (Lipinski definition) is 4. The Kier molecular flexibility index (Phi) is 5.02. The minimum Gasteiger partial charge on any atom is -0.497 e. The van der Waals surface area contributed by atoms with E-state index >= 15 is 0 Å². The predicted molar refractivity (Wildman–Crippen MR) is 117 cm³/mol. The van der Waals surface area contributed by atoms with Gasteiger partial charge >= 0.3 is 0 Å². The highest BCUT2D eigenvalue weighted by Gasteiger charge is 2.67. The summed E-state index contributed by atoms with van der Waals surface area (Å²) in [4.78, 5) is 28.1. The van der Waals surface area contributed by atoms with Gasteiger partial charge in [0, 0.05) is 12.2 Å². The van der Waals surface area contributed by atoms with E-state index in [0.717, 1.165) is 24.3 Å². The van der Waals surface area contributed by atoms with Crippen molar-refractivity contribution in [3.05, 3.63) is 72.3 Å². The molecule has 2 aromatic carbocycles. The number of nitrogens with zero attached hydrogens (tertiary/aromatic N) is 1. The Hall–Kier alpha value is -3.12. The van der Waals surface area contributed by atoms with Crippen molar-refractivity contribution in [3.8, 4) is 5.75 Å². The molecule has 2 saturated heterocycles. The quantitative estimate of drug-likeness (QED) is 0.555. The Morgan fingerprint density at radius 2 is 1.97 bits per heavy atom. The first-order valence-corrected chi connectivity index (χ1v) is 10.8. The summed E-state index contributed by atoms with van der Waals surface area (Å²) in [5, 5.41) is 3.04. The van der Waals surface area contributed by atoms with Crippen LogP contribution >= 0.6 is 0 Å². The first kappa shape index (κ1) is 19.8. The van der Waals surface area contributed by atoms with Gasteiger partial charge in [0.2, 0.25) is 11.8 Å². The normalized spacial score (nSPS) is 28.1. The number of benzene rings is 2. The number of aryl methyl sites for hydroxylation is 1. The van der Waals surface area contributed by atoms with Crippen molar-refractivity contribution in [2.45, 2.75) is 24.5 Å². The predicted octanol–water partition coefficient (Wildman–Crippen LogP) is 2.73. The molecule has 2 fully saturated rings. The lowest BCUT2D eigenvalue weighted by Crippen LogP contribution is -2.44. The van der Waals surface area contributed by atoms with Gasteiger partial charge in [0.15, 0.2) is 0 Å². The Bertz CT molecular complexity index is 1000. The molecule has 2 bridgehead atoms. The van der Waals surface area contributed by atoms with E-state index in [2.05, 4.69) is 17.4 Å². The van der Waals surface area contributed by atoms with Crippen molar-refractivity contribution >= 4 is 17.5 Å². The van der Waals surface area contributed by atoms with Crippen LogP contribution in [0.25, 0.3) is 0 Å². The molecular formula is C25H26N2O4. The Morgan fingerprint density at radius 3 is 2.71 bits per heavy atom. The number of ether oxygens (including phenoxy) is 2. The molecule has 31 heavy (non-hydrogen) atoms. The molecule has 0 aliphatic carbocycles. The second-order valence-electron chi connectivity index (χ2n) is 8.40. The number of carbonyl (C=O) groups excluding carboxylic acids is 2. The maximum Gasteiger partial charge on any atom is 0.234 e. The van der Waals surface area contributed by atoms with Gasteiger partial charge in [0.05, 0.1) is 31.6 Å². The lowest BCUT2D eigenvalue weighted by molar-refractivity contribution is -0.131. The van der Waals surface area contributed by atoms with E-state index in [4.69, 9.17) is 9.47 Å². The molecule has 0 unspecified atom stereocenters. The second-order valence-corrected chi connectivity index (χ2v) is 8.40. The van der Waals surface area contributed by atoms with Crippen LogP contribution in [0.5, 0.6) is 5.75 Å². The lowest BCUT2D eigenvalue weighted by atomic mass is 9.77. The van der Waals surface area contributed by atoms with Gasteiger partial charge in [-0.15, -0.1) is 0 Å². The van der Waals surface area contributed by atoms with Crippen molar-refractivity contribution in [1.29, 1.82) is 0 Å². The molecule has 5 rings (SSSR count). The molecule has 160 valence electrons. The van der Waals surface area contributed by atoms with Gasteiger partial charge in [0.1, 0.15) is 11.4 Å². The number of fused-ring (bicyclic) bond motifs is 1. The summed E-state index contributed by atoms with van der Waals surface area (Å²) < 4.78 is 11.4. The molecule has 3 aliphatic rings. The van der Waals surface area contributed by atoms with Crippen LogP contribution in [-0.4, -0.2) is 43.7 Å². The summed E-state index contributed by atoms with van der Waals surface area (Å²) in [5.41, 5.74) is 1.33. The average molecular weight is 418 g/mol. The van der Waals surface area contributed by atoms with E-state index in [1.807, 2.05) is 54.6 Å². The minimum atomic E-state index is -0.715. The fourth-order valence-electron chi connectivity index (χ4n) is 5.05. The van der Waals surface area contributed by atoms with Crippen molar-refractivity contribution in [2.24, 2.45) is 11.8 Å². The van der Waals surface area contributed by atoms with Crippen LogP contribution in [0.2, 0.25) is 0 Å². The molecule has 2 amide bonds. The number of hydrogen-bond donors (Lipinski definition) is 1. The maximum absolute atomic E-state index is 13.4. The number of amides is 2. The molecule has 3 heterocycles. The van der Waals surface area contributed by atoms with Gasteiger partial charge < -0.3 is 19.7 Å². The Balaban J connectivity index is 1.26. The van der Waals surface area contributed by atoms with Crippen LogP contribution in [-0.2, 0) is 20.7 Å². The molecule has 0 saturated carbocycles. The smallest absolute Gasteiger partial charge is 0.234 e. The molecule has 4 atom stereocenters. The van der Waals surface area contributed by atoms with E-state index in [1.54, 1.807) is 12.0 Å². The topological polar surface area (TPSA) is 67.9 Å². The molecule has 0 aromatic heterocycles. The summed E-state index contributed by atoms with van der Waals surface area (Å²) >= 11 is 0. The molecule has 6 heteroatoms. The fourth-order valence-corrected chi connectivity index (χ4v) is 5.05. The monoisotopic (exact) mass is 418 g/mol. The molecule has 2 aromatic rings. The van der Waals surface area contributed by atoms with Gasteiger partial charge in [-0.1, -0.05) is 42.5 Å². The average Bonchev–Trinajstić information content (AvgIpc) is 3.45. The van der Waals surface area contributed by atoms with Crippen LogP contribution < -0.4 is 15.0 Å². The van der Waals surface area contributed by atoms with Crippen LogP contribution in [0.15, 0.2) is 66.7 Å². The van der Waals surface area contributed by atoms with Crippen LogP contribution in [0.1, 0.15) is 12.0 Å². The largest absolute Gasteiger partial charge is 0.497 e. The molecular weight excluding hydrogens is 392 g/mol. The lowest BCUT2D eigenvalue weighted by Gasteiger charge is -2.23. The number of anilines is 1. The molecule has 1 spiro atoms. The van der Waals surface area contributed by atoms with Crippen molar-refractivity contribution in [2.75, 3.05) is 25.1 Å². The van der Waals surface area contributed by atoms with E-state index in [1.165, 1.54) is 5.56 Å². The zero-order chi connectivity index (χ0) is 21.4. The highest BCUT2D eigenvalue weighted by molar-refractivity contribution is 6.03. The van der Waals surface area contributed by atoms with Crippen LogP contribution in [0, 0.1) is 11.8 Å². The molecule has 1 N–H and O–H groups in total. The molecule has 6 nitrogen and oxygen atoms in total. The standard InChI is InChI=1S/C25H26N2O4/c1-30-19-11-9-18(10-12-19)27-16-25-14-13-20(31-25)21(22(25)24(27)29)23(28)26-15-5-8-17-6-3-2-4-7-17/h2-4,6-7,9-14,20-22H,5,8,15-16H2,1H3,(H,26,28)/t20-,21-,22+,25+/m1/s1. The summed E-state index contributed by atoms with van der Waals surface area (Å²) in [6.45, 7) is 1.00. The summed E-state index contributed by atoms with van der Waals surface area (Å²) in [6, 6.07) is 17.6. The highest BCUT2D eigenvalue weighted by atomic mass is 16.5. The van der Waals surface area contributed by atoms with Gasteiger partial charge in [-0.05, 0) is 42.7 Å². The van der Waals surface area contributed by atoms with E-state index in [9.17, 15) is 9.59 Å². The molecule has 0 radical (unpaired) electrons. The Labute approximate surface area is 181 Å². The highest BCUT2D eigenvalue weighted by Crippen LogP contribution is 2.52. The third kappa shape index (κ3) is 3.41. The van der Waals surface area contributed by atoms with Gasteiger partial charge in [0.25, 0.3) is 0 Å². The summed E-state index contributed by atoms with van der Waals surface area (Å²) in [5.74, 6) is -0.393. The first-order valence-electron chi connectivity index (χ1n) is 10.8. The van der Waals surface area contributed by atoms with E-state index in [0.29, 0.717) is 13.1 Å². The zero-order valence-electron chi connectivity index (χ0n) is 17.5.